The first-order valence-corrected chi connectivity index (χ1v) is 9.58. The van der Waals surface area contributed by atoms with Crippen molar-refractivity contribution in [3.05, 3.63) is 54.1 Å². The standard InChI is InChI=1S/C19H23F2N3OS2/c1-24(2)17(13-4-8-15(25-3)9-5-13)12-22-19(26)23-14-6-10-16(11-7-14)27-18(20)21/h4-11,17-18H,12H2,1-3H3,(H2,22,23,26)/t17-/m0/s1. The summed E-state index contributed by atoms with van der Waals surface area (Å²) < 4.78 is 29.9. The Balaban J connectivity index is 1.91. The molecule has 0 heterocycles. The Bertz CT molecular complexity index is 725. The highest BCUT2D eigenvalue weighted by atomic mass is 32.2. The Morgan fingerprint density at radius 1 is 1.11 bits per heavy atom. The average Bonchev–Trinajstić information content (AvgIpc) is 2.63. The third-order valence-corrected chi connectivity index (χ3v) is 4.89. The number of ether oxygens (including phenoxy) is 1. The maximum absolute atomic E-state index is 12.4. The number of nitrogens with zero attached hydrogens (tertiary/aromatic N) is 1. The molecule has 0 aliphatic carbocycles. The molecule has 0 aliphatic rings. The number of rotatable bonds is 8. The molecule has 146 valence electrons. The maximum Gasteiger partial charge on any atom is 0.288 e. The Labute approximate surface area is 168 Å². The first kappa shape index (κ1) is 21.4. The molecule has 1 atom stereocenters. The molecule has 0 spiro atoms. The summed E-state index contributed by atoms with van der Waals surface area (Å²) in [6.45, 7) is 0.616. The highest BCUT2D eigenvalue weighted by Gasteiger charge is 2.14. The van der Waals surface area contributed by atoms with Crippen LogP contribution in [0.5, 0.6) is 5.75 Å². The number of hydrogen-bond acceptors (Lipinski definition) is 4. The largest absolute Gasteiger partial charge is 0.497 e. The number of anilines is 1. The normalized spacial score (nSPS) is 12.1. The van der Waals surface area contributed by atoms with Crippen LogP contribution in [-0.4, -0.2) is 43.5 Å². The fraction of sp³-hybridized carbons (Fsp3) is 0.316. The summed E-state index contributed by atoms with van der Waals surface area (Å²) in [5.41, 5.74) is 1.89. The van der Waals surface area contributed by atoms with Gasteiger partial charge in [-0.3, -0.25) is 0 Å². The molecule has 0 saturated heterocycles. The zero-order valence-electron chi connectivity index (χ0n) is 15.4. The van der Waals surface area contributed by atoms with E-state index in [4.69, 9.17) is 17.0 Å². The molecule has 0 radical (unpaired) electrons. The van der Waals surface area contributed by atoms with Crippen molar-refractivity contribution in [1.82, 2.24) is 10.2 Å². The van der Waals surface area contributed by atoms with Crippen LogP contribution < -0.4 is 15.4 Å². The van der Waals surface area contributed by atoms with E-state index in [9.17, 15) is 8.78 Å². The maximum atomic E-state index is 12.4. The number of methoxy groups -OCH3 is 1. The summed E-state index contributed by atoms with van der Waals surface area (Å²) in [4.78, 5) is 2.62. The van der Waals surface area contributed by atoms with E-state index in [1.54, 1.807) is 31.4 Å². The van der Waals surface area contributed by atoms with Crippen LogP contribution in [-0.2, 0) is 0 Å². The number of alkyl halides is 2. The highest BCUT2D eigenvalue weighted by molar-refractivity contribution is 7.99. The number of likely N-dealkylation sites (N-methyl/N-ethyl adjacent to an activating group) is 1. The van der Waals surface area contributed by atoms with Gasteiger partial charge >= 0.3 is 0 Å². The van der Waals surface area contributed by atoms with Gasteiger partial charge in [-0.1, -0.05) is 23.9 Å². The smallest absolute Gasteiger partial charge is 0.288 e. The fourth-order valence-electron chi connectivity index (χ4n) is 2.51. The van der Waals surface area contributed by atoms with Gasteiger partial charge in [-0.05, 0) is 68.3 Å². The van der Waals surface area contributed by atoms with Crippen LogP contribution in [0.15, 0.2) is 53.4 Å². The number of thioether (sulfide) groups is 1. The molecular formula is C19H23F2N3OS2. The SMILES string of the molecule is COc1ccc([C@H](CNC(=S)Nc2ccc(SC(F)F)cc2)N(C)C)cc1. The van der Waals surface area contributed by atoms with Crippen LogP contribution in [0.4, 0.5) is 14.5 Å². The van der Waals surface area contributed by atoms with Crippen molar-refractivity contribution in [3.63, 3.8) is 0 Å². The van der Waals surface area contributed by atoms with Gasteiger partial charge in [-0.15, -0.1) is 0 Å². The molecule has 0 unspecified atom stereocenters. The third-order valence-electron chi connectivity index (χ3n) is 3.92. The summed E-state index contributed by atoms with van der Waals surface area (Å²) in [6.07, 6.45) is 0. The van der Waals surface area contributed by atoms with Crippen LogP contribution in [0.3, 0.4) is 0 Å². The van der Waals surface area contributed by atoms with Crippen molar-refractivity contribution in [2.24, 2.45) is 0 Å². The zero-order valence-corrected chi connectivity index (χ0v) is 17.0. The molecule has 2 N–H and O–H groups in total. The van der Waals surface area contributed by atoms with Gasteiger partial charge in [0.2, 0.25) is 0 Å². The molecule has 0 amide bonds. The molecule has 8 heteroatoms. The van der Waals surface area contributed by atoms with Gasteiger partial charge in [0.05, 0.1) is 13.2 Å². The van der Waals surface area contributed by atoms with Crippen molar-refractivity contribution in [2.45, 2.75) is 16.7 Å². The van der Waals surface area contributed by atoms with Crippen molar-refractivity contribution >= 4 is 34.8 Å². The lowest BCUT2D eigenvalue weighted by atomic mass is 10.1. The third kappa shape index (κ3) is 6.97. The van der Waals surface area contributed by atoms with Crippen LogP contribution >= 0.6 is 24.0 Å². The van der Waals surface area contributed by atoms with Gasteiger partial charge < -0.3 is 20.3 Å². The quantitative estimate of drug-likeness (QED) is 0.488. The Hall–Kier alpha value is -1.90. The van der Waals surface area contributed by atoms with E-state index in [0.29, 0.717) is 28.3 Å². The van der Waals surface area contributed by atoms with E-state index in [-0.39, 0.29) is 6.04 Å². The van der Waals surface area contributed by atoms with Gasteiger partial charge in [0.25, 0.3) is 5.76 Å². The fourth-order valence-corrected chi connectivity index (χ4v) is 3.21. The molecule has 0 fully saturated rings. The number of thiocarbonyl (C=S) groups is 1. The molecule has 4 nitrogen and oxygen atoms in total. The van der Waals surface area contributed by atoms with Crippen molar-refractivity contribution in [2.75, 3.05) is 33.1 Å². The lowest BCUT2D eigenvalue weighted by Gasteiger charge is -2.26. The van der Waals surface area contributed by atoms with Gasteiger partial charge in [0.1, 0.15) is 5.75 Å². The summed E-state index contributed by atoms with van der Waals surface area (Å²) in [5.74, 6) is -1.61. The van der Waals surface area contributed by atoms with Gasteiger partial charge in [-0.25, -0.2) is 0 Å². The Kier molecular flexibility index (Phi) is 8.27. The van der Waals surface area contributed by atoms with Crippen molar-refractivity contribution < 1.29 is 13.5 Å². The lowest BCUT2D eigenvalue weighted by Crippen LogP contribution is -2.36. The van der Waals surface area contributed by atoms with Gasteiger partial charge in [-0.2, -0.15) is 8.78 Å². The molecule has 2 aromatic carbocycles. The van der Waals surface area contributed by atoms with E-state index in [2.05, 4.69) is 15.5 Å². The number of halogens is 2. The van der Waals surface area contributed by atoms with Crippen LogP contribution in [0.2, 0.25) is 0 Å². The summed E-state index contributed by atoms with van der Waals surface area (Å²) >= 11 is 5.87. The van der Waals surface area contributed by atoms with E-state index >= 15 is 0 Å². The Morgan fingerprint density at radius 3 is 2.26 bits per heavy atom. The summed E-state index contributed by atoms with van der Waals surface area (Å²) in [7, 11) is 5.65. The molecule has 0 bridgehead atoms. The summed E-state index contributed by atoms with van der Waals surface area (Å²) in [5, 5.41) is 6.76. The predicted molar refractivity (Wildman–Crippen MR) is 112 cm³/mol. The molecule has 0 aliphatic heterocycles. The van der Waals surface area contributed by atoms with Crippen molar-refractivity contribution in [1.29, 1.82) is 0 Å². The minimum Gasteiger partial charge on any atom is -0.497 e. The molecule has 0 aromatic heterocycles. The van der Waals surface area contributed by atoms with Crippen LogP contribution in [0.25, 0.3) is 0 Å². The van der Waals surface area contributed by atoms with Crippen molar-refractivity contribution in [3.8, 4) is 5.75 Å². The molecule has 27 heavy (non-hydrogen) atoms. The van der Waals surface area contributed by atoms with E-state index in [1.165, 1.54) is 0 Å². The highest BCUT2D eigenvalue weighted by Crippen LogP contribution is 2.26. The number of benzene rings is 2. The second kappa shape index (κ2) is 10.4. The first-order chi connectivity index (χ1) is 12.9. The molecular weight excluding hydrogens is 388 g/mol. The monoisotopic (exact) mass is 411 g/mol. The second-order valence-corrected chi connectivity index (χ2v) is 7.46. The molecule has 2 aromatic rings. The Morgan fingerprint density at radius 2 is 1.74 bits per heavy atom. The predicted octanol–water partition coefficient (Wildman–Crippen LogP) is 4.60. The minimum atomic E-state index is -2.42. The lowest BCUT2D eigenvalue weighted by molar-refractivity contribution is 0.252. The van der Waals surface area contributed by atoms with E-state index in [1.807, 2.05) is 38.4 Å². The second-order valence-electron chi connectivity index (χ2n) is 5.99. The van der Waals surface area contributed by atoms with Gasteiger partial charge in [0, 0.05) is 17.1 Å². The van der Waals surface area contributed by atoms with Gasteiger partial charge in [0.15, 0.2) is 5.11 Å². The topological polar surface area (TPSA) is 36.5 Å². The summed E-state index contributed by atoms with van der Waals surface area (Å²) in [6, 6.07) is 14.8. The number of hydrogen-bond donors (Lipinski definition) is 2. The zero-order chi connectivity index (χ0) is 19.8. The van der Waals surface area contributed by atoms with Crippen LogP contribution in [0.1, 0.15) is 11.6 Å². The van der Waals surface area contributed by atoms with Crippen LogP contribution in [0, 0.1) is 0 Å². The number of nitrogens with one attached hydrogen (secondary N) is 2. The van der Waals surface area contributed by atoms with E-state index < -0.39 is 5.76 Å². The molecule has 2 rings (SSSR count). The van der Waals surface area contributed by atoms with E-state index in [0.717, 1.165) is 17.0 Å². The molecule has 0 saturated carbocycles. The average molecular weight is 412 g/mol. The first-order valence-electron chi connectivity index (χ1n) is 8.29. The minimum absolute atomic E-state index is 0.125.